The van der Waals surface area contributed by atoms with Crippen molar-refractivity contribution >= 4 is 8.19 Å². The van der Waals surface area contributed by atoms with E-state index in [1.54, 1.807) is 0 Å². The van der Waals surface area contributed by atoms with Crippen molar-refractivity contribution in [3.8, 4) is 5.88 Å². The van der Waals surface area contributed by atoms with Crippen molar-refractivity contribution in [2.75, 3.05) is 6.61 Å². The summed E-state index contributed by atoms with van der Waals surface area (Å²) in [6.07, 6.45) is 11.1. The van der Waals surface area contributed by atoms with Gasteiger partial charge in [-0.1, -0.05) is 53.6 Å². The largest absolute Gasteiger partial charge is 0.477 e. The molecule has 1 rings (SSSR count). The zero-order chi connectivity index (χ0) is 11.5. The zero-order valence-corrected chi connectivity index (χ0v) is 11.1. The minimum Gasteiger partial charge on any atom is -0.477 e. The molecule has 0 aliphatic carbocycles. The van der Waals surface area contributed by atoms with E-state index in [9.17, 15) is 0 Å². The molecule has 16 heavy (non-hydrogen) atoms. The number of aromatic nitrogens is 1. The first-order chi connectivity index (χ1) is 7.93. The first-order valence-electron chi connectivity index (χ1n) is 6.32. The summed E-state index contributed by atoms with van der Waals surface area (Å²) in [4.78, 5) is 4.14. The molecule has 0 aliphatic rings. The fraction of sp³-hybridized carbons (Fsp3) is 0.692. The van der Waals surface area contributed by atoms with Gasteiger partial charge in [-0.15, -0.1) is 0 Å². The second-order valence-electron chi connectivity index (χ2n) is 4.01. The molecule has 0 fully saturated rings. The van der Waals surface area contributed by atoms with Crippen LogP contribution in [-0.2, 0) is 0 Å². The van der Waals surface area contributed by atoms with Crippen LogP contribution in [-0.4, -0.2) is 11.6 Å². The lowest BCUT2D eigenvalue weighted by atomic mass is 10.1. The van der Waals surface area contributed by atoms with Gasteiger partial charge in [0.1, 0.15) is 0 Å². The molecule has 3 heteroatoms. The third-order valence-corrected chi connectivity index (χ3v) is 3.21. The normalized spacial score (nSPS) is 10.8. The molecule has 0 saturated heterocycles. The summed E-state index contributed by atoms with van der Waals surface area (Å²) in [5.41, 5.74) is 0. The van der Waals surface area contributed by atoms with Crippen molar-refractivity contribution in [3.05, 3.63) is 17.8 Å². The van der Waals surface area contributed by atoms with E-state index in [0.29, 0.717) is 0 Å². The highest BCUT2D eigenvalue weighted by molar-refractivity contribution is 7.28. The molecule has 0 spiro atoms. The van der Waals surface area contributed by atoms with Crippen molar-refractivity contribution in [3.63, 3.8) is 0 Å². The summed E-state index contributed by atoms with van der Waals surface area (Å²) >= 11 is 0. The second-order valence-corrected chi connectivity index (χ2v) is 4.87. The van der Waals surface area contributed by atoms with Gasteiger partial charge in [-0.3, -0.25) is 0 Å². The lowest BCUT2D eigenvalue weighted by Gasteiger charge is -2.04. The van der Waals surface area contributed by atoms with Gasteiger partial charge in [-0.25, -0.2) is 4.98 Å². The number of nitrogens with zero attached hydrogens (tertiary/aromatic N) is 1. The number of hydrogen-bond acceptors (Lipinski definition) is 2. The first-order valence-corrected chi connectivity index (χ1v) is 7.35. The molecule has 0 saturated carbocycles. The number of unbranched alkanes of at least 4 members (excludes halogenated alkanes) is 6. The summed E-state index contributed by atoms with van der Waals surface area (Å²) in [6, 6.07) is 0. The van der Waals surface area contributed by atoms with E-state index < -0.39 is 0 Å². The fourth-order valence-corrected chi connectivity index (χ4v) is 2.09. The summed E-state index contributed by atoms with van der Waals surface area (Å²) in [6.45, 7) is 3.06. The zero-order valence-electron chi connectivity index (χ0n) is 10.2. The lowest BCUT2D eigenvalue weighted by Crippen LogP contribution is -1.98. The molecule has 0 bridgehead atoms. The highest BCUT2D eigenvalue weighted by atomic mass is 31.0. The van der Waals surface area contributed by atoms with E-state index >= 15 is 0 Å². The van der Waals surface area contributed by atoms with Gasteiger partial charge in [0.05, 0.1) is 6.61 Å². The van der Waals surface area contributed by atoms with E-state index in [0.717, 1.165) is 18.9 Å². The summed E-state index contributed by atoms with van der Waals surface area (Å²) < 4.78 is 5.55. The van der Waals surface area contributed by atoms with Crippen LogP contribution in [0.25, 0.3) is 0 Å². The first kappa shape index (κ1) is 13.4. The Kier molecular flexibility index (Phi) is 8.06. The van der Waals surface area contributed by atoms with Gasteiger partial charge in [0, 0.05) is 12.0 Å². The maximum atomic E-state index is 5.55. The minimum absolute atomic E-state index is 0.787. The van der Waals surface area contributed by atoms with E-state index in [4.69, 9.17) is 4.74 Å². The van der Waals surface area contributed by atoms with Crippen molar-refractivity contribution in [2.24, 2.45) is 0 Å². The Morgan fingerprint density at radius 3 is 2.56 bits per heavy atom. The lowest BCUT2D eigenvalue weighted by molar-refractivity contribution is 0.294. The van der Waals surface area contributed by atoms with E-state index in [1.165, 1.54) is 46.7 Å². The molecule has 90 valence electrons. The Bertz CT molecular complexity index is 253. The Balaban J connectivity index is 1.89. The number of ether oxygens (including phenoxy) is 1. The second kappa shape index (κ2) is 9.59. The molecule has 1 aromatic rings. The van der Waals surface area contributed by atoms with Crippen LogP contribution in [0.3, 0.4) is 0 Å². The summed E-state index contributed by atoms with van der Waals surface area (Å²) in [5.74, 6) is 4.79. The van der Waals surface area contributed by atoms with Crippen LogP contribution in [0.4, 0.5) is 0 Å². The molecule has 0 aliphatic heterocycles. The molecule has 1 heterocycles. The smallest absolute Gasteiger partial charge is 0.217 e. The maximum absolute atomic E-state index is 5.55. The van der Waals surface area contributed by atoms with E-state index in [-0.39, 0.29) is 0 Å². The van der Waals surface area contributed by atoms with Crippen LogP contribution in [0.2, 0.25) is 0 Å². The Hall–Kier alpha value is -0.620. The van der Waals surface area contributed by atoms with Gasteiger partial charge in [-0.05, 0) is 12.2 Å². The molecule has 0 radical (unpaired) electrons. The van der Waals surface area contributed by atoms with Crippen LogP contribution in [0.5, 0.6) is 5.88 Å². The Morgan fingerprint density at radius 2 is 1.88 bits per heavy atom. The van der Waals surface area contributed by atoms with Crippen LogP contribution >= 0.6 is 8.19 Å². The van der Waals surface area contributed by atoms with E-state index in [1.807, 2.05) is 17.8 Å². The Labute approximate surface area is 101 Å². The van der Waals surface area contributed by atoms with Crippen LogP contribution in [0.1, 0.15) is 51.9 Å². The van der Waals surface area contributed by atoms with Gasteiger partial charge in [-0.2, -0.15) is 0 Å². The molecular formula is C13H22NOP. The summed E-state index contributed by atoms with van der Waals surface area (Å²) in [5, 5.41) is 0. The molecule has 0 aromatic carbocycles. The highest BCUT2D eigenvalue weighted by Crippen LogP contribution is 2.13. The predicted molar refractivity (Wildman–Crippen MR) is 70.2 cm³/mol. The molecular weight excluding hydrogens is 217 g/mol. The van der Waals surface area contributed by atoms with Crippen molar-refractivity contribution in [1.29, 1.82) is 0 Å². The van der Waals surface area contributed by atoms with Crippen molar-refractivity contribution in [1.82, 2.24) is 4.98 Å². The van der Waals surface area contributed by atoms with Gasteiger partial charge >= 0.3 is 0 Å². The number of rotatable bonds is 9. The SMILES string of the molecule is CCCCCCCCCOc1cpccn1. The number of hydrogen-bond donors (Lipinski definition) is 0. The average molecular weight is 239 g/mol. The highest BCUT2D eigenvalue weighted by Gasteiger charge is 1.94. The quantitative estimate of drug-likeness (QED) is 0.578. The third kappa shape index (κ3) is 6.79. The van der Waals surface area contributed by atoms with E-state index in [2.05, 4.69) is 11.9 Å². The van der Waals surface area contributed by atoms with Crippen LogP contribution in [0.15, 0.2) is 17.8 Å². The molecule has 0 N–H and O–H groups in total. The van der Waals surface area contributed by atoms with Crippen molar-refractivity contribution in [2.45, 2.75) is 51.9 Å². The topological polar surface area (TPSA) is 22.1 Å². The molecule has 0 amide bonds. The molecule has 0 atom stereocenters. The van der Waals surface area contributed by atoms with Gasteiger partial charge in [0.15, 0.2) is 0 Å². The van der Waals surface area contributed by atoms with Gasteiger partial charge in [0.2, 0.25) is 5.88 Å². The average Bonchev–Trinajstić information content (AvgIpc) is 2.34. The van der Waals surface area contributed by atoms with Gasteiger partial charge < -0.3 is 4.74 Å². The standard InChI is InChI=1S/C13H22NOP/c1-2-3-4-5-6-7-8-10-15-13-12-16-11-9-14-13/h9,11-12H,2-8,10H2,1H3. The van der Waals surface area contributed by atoms with Crippen molar-refractivity contribution < 1.29 is 4.74 Å². The summed E-state index contributed by atoms with van der Waals surface area (Å²) in [7, 11) is 1.18. The monoisotopic (exact) mass is 239 g/mol. The molecule has 1 aromatic heterocycles. The van der Waals surface area contributed by atoms with Gasteiger partial charge in [0.25, 0.3) is 0 Å². The van der Waals surface area contributed by atoms with Crippen LogP contribution in [0, 0.1) is 0 Å². The molecule has 2 nitrogen and oxygen atoms in total. The minimum atomic E-state index is 0.787. The molecule has 0 unspecified atom stereocenters. The third-order valence-electron chi connectivity index (χ3n) is 2.54. The fourth-order valence-electron chi connectivity index (χ4n) is 1.60. The predicted octanol–water partition coefficient (Wildman–Crippen LogP) is 4.79. The van der Waals surface area contributed by atoms with Crippen LogP contribution < -0.4 is 4.74 Å². The Morgan fingerprint density at radius 1 is 1.12 bits per heavy atom. The maximum Gasteiger partial charge on any atom is 0.217 e.